The zero-order chi connectivity index (χ0) is 20.5. The van der Waals surface area contributed by atoms with Gasteiger partial charge in [0.1, 0.15) is 5.84 Å². The molecule has 5 rings (SSSR count). The van der Waals surface area contributed by atoms with Crippen LogP contribution in [-0.4, -0.2) is 60.9 Å². The predicted octanol–water partition coefficient (Wildman–Crippen LogP) is 2.77. The number of likely N-dealkylation sites (N-methyl/N-ethyl adjacent to an activating group) is 1. The topological polar surface area (TPSA) is 60.0 Å². The van der Waals surface area contributed by atoms with E-state index in [0.29, 0.717) is 0 Å². The summed E-state index contributed by atoms with van der Waals surface area (Å²) in [6, 6.07) is 9.09. The first-order valence-corrected chi connectivity index (χ1v) is 10.9. The average molecular weight is 404 g/mol. The molecule has 2 aliphatic heterocycles. The summed E-state index contributed by atoms with van der Waals surface area (Å²) in [6.45, 7) is 3.41. The maximum absolute atomic E-state index is 12.6. The Morgan fingerprint density at radius 3 is 2.87 bits per heavy atom. The first-order valence-electron chi connectivity index (χ1n) is 10.9. The molecule has 0 spiro atoms. The van der Waals surface area contributed by atoms with Crippen LogP contribution in [0.15, 0.2) is 64.8 Å². The van der Waals surface area contributed by atoms with Gasteiger partial charge in [-0.05, 0) is 55.2 Å². The lowest BCUT2D eigenvalue weighted by Gasteiger charge is -2.33. The number of hydrogen-bond acceptors (Lipinski definition) is 3. The van der Waals surface area contributed by atoms with Crippen LogP contribution in [0.25, 0.3) is 0 Å². The fraction of sp³-hybridized carbons (Fsp3) is 0.417. The number of aryl methyl sites for hydroxylation is 1. The van der Waals surface area contributed by atoms with Crippen molar-refractivity contribution in [1.82, 2.24) is 20.4 Å². The van der Waals surface area contributed by atoms with E-state index in [1.807, 2.05) is 4.90 Å². The van der Waals surface area contributed by atoms with Gasteiger partial charge in [0.05, 0.1) is 12.1 Å². The second-order valence-electron chi connectivity index (χ2n) is 8.56. The number of carbonyl (C=O) groups is 1. The molecule has 1 aromatic carbocycles. The van der Waals surface area contributed by atoms with E-state index in [1.165, 1.54) is 16.7 Å². The molecule has 2 atom stereocenters. The SMILES string of the molecule is CN1CCN(C(=O)NC2=CCC3NC(=N[C@@H]4CCc5ccccc54)C=CC3=C2)CC1. The molecular formula is C24H29N5O. The molecule has 2 aliphatic carbocycles. The highest BCUT2D eigenvalue weighted by Gasteiger charge is 2.25. The Morgan fingerprint density at radius 2 is 2.00 bits per heavy atom. The summed E-state index contributed by atoms with van der Waals surface area (Å²) in [7, 11) is 2.09. The molecule has 6 nitrogen and oxygen atoms in total. The molecule has 4 aliphatic rings. The molecule has 2 N–H and O–H groups in total. The number of fused-ring (bicyclic) bond motifs is 2. The highest BCUT2D eigenvalue weighted by atomic mass is 16.2. The molecule has 2 heterocycles. The summed E-state index contributed by atoms with van der Waals surface area (Å²) >= 11 is 0. The molecule has 0 bridgehead atoms. The summed E-state index contributed by atoms with van der Waals surface area (Å²) in [4.78, 5) is 21.7. The van der Waals surface area contributed by atoms with Crippen LogP contribution in [0.5, 0.6) is 0 Å². The molecule has 156 valence electrons. The maximum atomic E-state index is 12.6. The van der Waals surface area contributed by atoms with Crippen LogP contribution >= 0.6 is 0 Å². The Morgan fingerprint density at radius 1 is 1.17 bits per heavy atom. The summed E-state index contributed by atoms with van der Waals surface area (Å²) in [6.07, 6.45) is 11.4. The van der Waals surface area contributed by atoms with Crippen molar-refractivity contribution >= 4 is 11.9 Å². The minimum atomic E-state index is -0.000418. The molecule has 1 unspecified atom stereocenters. The van der Waals surface area contributed by atoms with E-state index >= 15 is 0 Å². The second kappa shape index (κ2) is 8.11. The van der Waals surface area contributed by atoms with Crippen molar-refractivity contribution in [3.8, 4) is 0 Å². The largest absolute Gasteiger partial charge is 0.363 e. The average Bonchev–Trinajstić information content (AvgIpc) is 3.17. The number of carbonyl (C=O) groups excluding carboxylic acids is 1. The number of amides is 2. The first kappa shape index (κ1) is 19.1. The van der Waals surface area contributed by atoms with E-state index in [4.69, 9.17) is 4.99 Å². The van der Waals surface area contributed by atoms with Crippen molar-refractivity contribution in [1.29, 1.82) is 0 Å². The number of nitrogens with one attached hydrogen (secondary N) is 2. The van der Waals surface area contributed by atoms with Crippen LogP contribution in [0.4, 0.5) is 4.79 Å². The van der Waals surface area contributed by atoms with E-state index in [2.05, 4.69) is 71.2 Å². The fourth-order valence-corrected chi connectivity index (χ4v) is 4.64. The lowest BCUT2D eigenvalue weighted by atomic mass is 9.94. The van der Waals surface area contributed by atoms with Crippen LogP contribution in [0.3, 0.4) is 0 Å². The zero-order valence-electron chi connectivity index (χ0n) is 17.5. The van der Waals surface area contributed by atoms with Gasteiger partial charge in [-0.3, -0.25) is 4.99 Å². The van der Waals surface area contributed by atoms with Crippen LogP contribution in [0, 0.1) is 0 Å². The highest BCUT2D eigenvalue weighted by Crippen LogP contribution is 2.34. The van der Waals surface area contributed by atoms with E-state index < -0.39 is 0 Å². The van der Waals surface area contributed by atoms with Crippen LogP contribution < -0.4 is 10.6 Å². The number of nitrogens with zero attached hydrogens (tertiary/aromatic N) is 3. The maximum Gasteiger partial charge on any atom is 0.321 e. The molecular weight excluding hydrogens is 374 g/mol. The number of urea groups is 1. The lowest BCUT2D eigenvalue weighted by Crippen LogP contribution is -2.50. The molecule has 30 heavy (non-hydrogen) atoms. The van der Waals surface area contributed by atoms with Gasteiger partial charge in [-0.15, -0.1) is 0 Å². The van der Waals surface area contributed by atoms with Crippen molar-refractivity contribution in [2.45, 2.75) is 31.3 Å². The number of piperazine rings is 1. The van der Waals surface area contributed by atoms with Crippen molar-refractivity contribution in [3.05, 3.63) is 71.0 Å². The number of benzene rings is 1. The quantitative estimate of drug-likeness (QED) is 0.798. The van der Waals surface area contributed by atoms with Gasteiger partial charge in [0, 0.05) is 31.9 Å². The summed E-state index contributed by atoms with van der Waals surface area (Å²) in [5.74, 6) is 0.956. The Hall–Kier alpha value is -2.86. The molecule has 1 fully saturated rings. The van der Waals surface area contributed by atoms with Crippen LogP contribution in [0.2, 0.25) is 0 Å². The first-order chi connectivity index (χ1) is 14.7. The van der Waals surface area contributed by atoms with E-state index in [9.17, 15) is 4.79 Å². The molecule has 1 aromatic rings. The van der Waals surface area contributed by atoms with Gasteiger partial charge >= 0.3 is 6.03 Å². The summed E-state index contributed by atoms with van der Waals surface area (Å²) in [5, 5.41) is 6.66. The van der Waals surface area contributed by atoms with Crippen molar-refractivity contribution in [3.63, 3.8) is 0 Å². The number of aliphatic imine (C=N–C) groups is 1. The van der Waals surface area contributed by atoms with Gasteiger partial charge in [0.2, 0.25) is 0 Å². The van der Waals surface area contributed by atoms with Crippen LogP contribution in [0.1, 0.15) is 30.0 Å². The highest BCUT2D eigenvalue weighted by molar-refractivity contribution is 5.95. The van der Waals surface area contributed by atoms with Crippen LogP contribution in [-0.2, 0) is 6.42 Å². The number of hydrogen-bond donors (Lipinski definition) is 2. The number of allylic oxidation sites excluding steroid dienone is 1. The van der Waals surface area contributed by atoms with Gasteiger partial charge < -0.3 is 20.4 Å². The van der Waals surface area contributed by atoms with Gasteiger partial charge in [0.25, 0.3) is 0 Å². The van der Waals surface area contributed by atoms with E-state index in [1.54, 1.807) is 0 Å². The van der Waals surface area contributed by atoms with Gasteiger partial charge in [-0.25, -0.2) is 4.79 Å². The summed E-state index contributed by atoms with van der Waals surface area (Å²) in [5.41, 5.74) is 4.87. The zero-order valence-corrected chi connectivity index (χ0v) is 17.5. The second-order valence-corrected chi connectivity index (χ2v) is 8.56. The Kier molecular flexibility index (Phi) is 5.17. The third kappa shape index (κ3) is 3.92. The molecule has 6 heteroatoms. The molecule has 0 saturated carbocycles. The Balaban J connectivity index is 1.23. The third-order valence-corrected chi connectivity index (χ3v) is 6.49. The van der Waals surface area contributed by atoms with Gasteiger partial charge in [0.15, 0.2) is 0 Å². The number of rotatable bonds is 2. The Labute approximate surface area is 178 Å². The normalized spacial score (nSPS) is 27.1. The van der Waals surface area contributed by atoms with Crippen molar-refractivity contribution < 1.29 is 4.79 Å². The van der Waals surface area contributed by atoms with Crippen molar-refractivity contribution in [2.24, 2.45) is 4.99 Å². The van der Waals surface area contributed by atoms with E-state index in [0.717, 1.165) is 57.0 Å². The predicted molar refractivity (Wildman–Crippen MR) is 119 cm³/mol. The van der Waals surface area contributed by atoms with Gasteiger partial charge in [-0.2, -0.15) is 0 Å². The van der Waals surface area contributed by atoms with E-state index in [-0.39, 0.29) is 18.1 Å². The molecule has 0 aromatic heterocycles. The standard InChI is InChI=1S/C24H29N5O/c1-28-12-14-29(15-13-28)24(30)25-19-8-10-21-18(16-19)7-11-23(26-21)27-22-9-6-17-4-2-3-5-20(17)22/h2-5,7-8,11,16,21-22H,6,9-10,12-15H2,1H3,(H,25,30)(H,26,27)/t21?,22-/m1/s1. The third-order valence-electron chi connectivity index (χ3n) is 6.49. The number of amidine groups is 1. The molecule has 1 saturated heterocycles. The Bertz CT molecular complexity index is 952. The van der Waals surface area contributed by atoms with Gasteiger partial charge in [-0.1, -0.05) is 36.4 Å². The smallest absolute Gasteiger partial charge is 0.321 e. The lowest BCUT2D eigenvalue weighted by molar-refractivity contribution is 0.156. The molecule has 2 amide bonds. The monoisotopic (exact) mass is 403 g/mol. The minimum absolute atomic E-state index is 0.000418. The minimum Gasteiger partial charge on any atom is -0.363 e. The summed E-state index contributed by atoms with van der Waals surface area (Å²) < 4.78 is 0. The molecule has 0 radical (unpaired) electrons. The van der Waals surface area contributed by atoms with Crippen molar-refractivity contribution in [2.75, 3.05) is 33.2 Å². The fourth-order valence-electron chi connectivity index (χ4n) is 4.64.